The topological polar surface area (TPSA) is 104 Å². The first kappa shape index (κ1) is 22.4. The summed E-state index contributed by atoms with van der Waals surface area (Å²) in [6, 6.07) is 8.18. The SMILES string of the molecule is COC(=O)Nc1cc(NC(=O)/C=C/c2c(OC)cc(OC)cc2OC)ccc1OC. The zero-order valence-corrected chi connectivity index (χ0v) is 17.4. The number of hydrogen-bond donors (Lipinski definition) is 2. The Kier molecular flexibility index (Phi) is 7.92. The molecule has 0 aliphatic heterocycles. The number of rotatable bonds is 8. The van der Waals surface area contributed by atoms with Crippen LogP contribution in [0.25, 0.3) is 6.08 Å². The molecule has 0 heterocycles. The molecule has 9 nitrogen and oxygen atoms in total. The van der Waals surface area contributed by atoms with Gasteiger partial charge < -0.3 is 29.0 Å². The number of methoxy groups -OCH3 is 5. The number of hydrogen-bond acceptors (Lipinski definition) is 7. The summed E-state index contributed by atoms with van der Waals surface area (Å²) in [4.78, 5) is 23.9. The van der Waals surface area contributed by atoms with Crippen molar-refractivity contribution in [2.24, 2.45) is 0 Å². The van der Waals surface area contributed by atoms with Gasteiger partial charge in [0.25, 0.3) is 0 Å². The second-order valence-electron chi connectivity index (χ2n) is 5.80. The molecule has 2 aromatic rings. The Morgan fingerprint density at radius 2 is 1.43 bits per heavy atom. The molecule has 0 saturated heterocycles. The first-order chi connectivity index (χ1) is 14.4. The van der Waals surface area contributed by atoms with Gasteiger partial charge in [-0.2, -0.15) is 0 Å². The molecule has 0 unspecified atom stereocenters. The highest BCUT2D eigenvalue weighted by molar-refractivity contribution is 6.03. The monoisotopic (exact) mass is 416 g/mol. The van der Waals surface area contributed by atoms with Crippen LogP contribution in [0.5, 0.6) is 23.0 Å². The second kappa shape index (κ2) is 10.6. The number of benzene rings is 2. The van der Waals surface area contributed by atoms with Crippen molar-refractivity contribution in [3.63, 3.8) is 0 Å². The highest BCUT2D eigenvalue weighted by Gasteiger charge is 2.12. The second-order valence-corrected chi connectivity index (χ2v) is 5.80. The average Bonchev–Trinajstić information content (AvgIpc) is 2.77. The van der Waals surface area contributed by atoms with Gasteiger partial charge in [-0.3, -0.25) is 10.1 Å². The van der Waals surface area contributed by atoms with E-state index in [1.54, 1.807) is 36.4 Å². The van der Waals surface area contributed by atoms with Crippen LogP contribution in [0.2, 0.25) is 0 Å². The van der Waals surface area contributed by atoms with E-state index in [9.17, 15) is 9.59 Å². The van der Waals surface area contributed by atoms with Crippen molar-refractivity contribution in [3.05, 3.63) is 42.0 Å². The van der Waals surface area contributed by atoms with Gasteiger partial charge in [0.1, 0.15) is 23.0 Å². The highest BCUT2D eigenvalue weighted by atomic mass is 16.5. The maximum Gasteiger partial charge on any atom is 0.411 e. The third kappa shape index (κ3) is 5.57. The molecule has 2 rings (SSSR count). The molecular formula is C21H24N2O7. The van der Waals surface area contributed by atoms with E-state index < -0.39 is 12.0 Å². The lowest BCUT2D eigenvalue weighted by molar-refractivity contribution is -0.111. The van der Waals surface area contributed by atoms with E-state index in [0.717, 1.165) is 0 Å². The van der Waals surface area contributed by atoms with E-state index in [1.165, 1.54) is 41.6 Å². The molecule has 0 bridgehead atoms. The van der Waals surface area contributed by atoms with Crippen molar-refractivity contribution in [1.82, 2.24) is 0 Å². The Morgan fingerprint density at radius 1 is 0.800 bits per heavy atom. The van der Waals surface area contributed by atoms with Gasteiger partial charge in [0.2, 0.25) is 5.91 Å². The maximum atomic E-state index is 12.4. The van der Waals surface area contributed by atoms with E-state index in [1.807, 2.05) is 0 Å². The minimum atomic E-state index is -0.657. The predicted octanol–water partition coefficient (Wildman–Crippen LogP) is 3.55. The Bertz CT molecular complexity index is 916. The number of carbonyl (C=O) groups is 2. The fourth-order valence-electron chi connectivity index (χ4n) is 2.58. The van der Waals surface area contributed by atoms with Crippen molar-refractivity contribution in [2.75, 3.05) is 46.2 Å². The summed E-state index contributed by atoms with van der Waals surface area (Å²) >= 11 is 0. The summed E-state index contributed by atoms with van der Waals surface area (Å²) in [5, 5.41) is 5.24. The zero-order chi connectivity index (χ0) is 22.1. The van der Waals surface area contributed by atoms with Crippen LogP contribution in [-0.2, 0) is 9.53 Å². The van der Waals surface area contributed by atoms with Crippen LogP contribution >= 0.6 is 0 Å². The van der Waals surface area contributed by atoms with E-state index >= 15 is 0 Å². The summed E-state index contributed by atoms with van der Waals surface area (Å²) in [5.41, 5.74) is 1.38. The highest BCUT2D eigenvalue weighted by Crippen LogP contribution is 2.35. The normalized spacial score (nSPS) is 10.3. The van der Waals surface area contributed by atoms with Gasteiger partial charge in [-0.15, -0.1) is 0 Å². The van der Waals surface area contributed by atoms with Gasteiger partial charge in [-0.1, -0.05) is 0 Å². The average molecular weight is 416 g/mol. The number of amides is 2. The third-order valence-corrected chi connectivity index (χ3v) is 4.04. The third-order valence-electron chi connectivity index (χ3n) is 4.04. The van der Waals surface area contributed by atoms with Crippen LogP contribution in [0.1, 0.15) is 5.56 Å². The summed E-state index contributed by atoms with van der Waals surface area (Å²) < 4.78 is 25.7. The molecule has 30 heavy (non-hydrogen) atoms. The quantitative estimate of drug-likeness (QED) is 0.634. The summed E-state index contributed by atoms with van der Waals surface area (Å²) in [7, 11) is 7.28. The fourth-order valence-corrected chi connectivity index (χ4v) is 2.58. The summed E-state index contributed by atoms with van der Waals surface area (Å²) in [6.45, 7) is 0. The van der Waals surface area contributed by atoms with Crippen LogP contribution in [0, 0.1) is 0 Å². The van der Waals surface area contributed by atoms with Gasteiger partial charge in [0, 0.05) is 23.9 Å². The first-order valence-electron chi connectivity index (χ1n) is 8.77. The van der Waals surface area contributed by atoms with Gasteiger partial charge in [0.15, 0.2) is 0 Å². The maximum absolute atomic E-state index is 12.4. The van der Waals surface area contributed by atoms with Gasteiger partial charge in [-0.25, -0.2) is 4.79 Å². The molecule has 0 aliphatic carbocycles. The predicted molar refractivity (Wildman–Crippen MR) is 113 cm³/mol. The summed E-state index contributed by atoms with van der Waals surface area (Å²) in [6.07, 6.45) is 2.25. The first-order valence-corrected chi connectivity index (χ1v) is 8.77. The molecule has 0 radical (unpaired) electrons. The van der Waals surface area contributed by atoms with Crippen molar-refractivity contribution >= 4 is 29.5 Å². The van der Waals surface area contributed by atoms with E-state index in [4.69, 9.17) is 18.9 Å². The van der Waals surface area contributed by atoms with Crippen molar-refractivity contribution in [3.8, 4) is 23.0 Å². The zero-order valence-electron chi connectivity index (χ0n) is 17.4. The van der Waals surface area contributed by atoms with Gasteiger partial charge in [-0.05, 0) is 24.3 Å². The van der Waals surface area contributed by atoms with E-state index in [-0.39, 0.29) is 0 Å². The Labute approximate surface area is 174 Å². The molecule has 0 saturated carbocycles. The molecule has 0 aliphatic rings. The number of carbonyl (C=O) groups excluding carboxylic acids is 2. The van der Waals surface area contributed by atoms with Crippen LogP contribution in [0.3, 0.4) is 0 Å². The smallest absolute Gasteiger partial charge is 0.411 e. The van der Waals surface area contributed by atoms with Gasteiger partial charge in [0.05, 0.1) is 46.8 Å². The van der Waals surface area contributed by atoms with Gasteiger partial charge >= 0.3 is 6.09 Å². The minimum Gasteiger partial charge on any atom is -0.496 e. The molecule has 160 valence electrons. The van der Waals surface area contributed by atoms with Crippen LogP contribution in [0.4, 0.5) is 16.2 Å². The molecule has 0 atom stereocenters. The Balaban J connectivity index is 2.22. The number of anilines is 2. The Morgan fingerprint density at radius 3 is 1.97 bits per heavy atom. The molecule has 2 N–H and O–H groups in total. The van der Waals surface area contributed by atoms with Crippen molar-refractivity contribution in [1.29, 1.82) is 0 Å². The van der Waals surface area contributed by atoms with E-state index in [0.29, 0.717) is 39.9 Å². The largest absolute Gasteiger partial charge is 0.496 e. The molecule has 9 heteroatoms. The molecule has 0 spiro atoms. The number of nitrogens with one attached hydrogen (secondary N) is 2. The molecule has 2 amide bonds. The lowest BCUT2D eigenvalue weighted by atomic mass is 10.1. The molecule has 0 aromatic heterocycles. The van der Waals surface area contributed by atoms with Crippen LogP contribution in [0.15, 0.2) is 36.4 Å². The molecular weight excluding hydrogens is 392 g/mol. The van der Waals surface area contributed by atoms with Crippen molar-refractivity contribution < 1.29 is 33.3 Å². The fraction of sp³-hybridized carbons (Fsp3) is 0.238. The van der Waals surface area contributed by atoms with Crippen LogP contribution < -0.4 is 29.6 Å². The van der Waals surface area contributed by atoms with E-state index in [2.05, 4.69) is 15.4 Å². The summed E-state index contributed by atoms with van der Waals surface area (Å²) in [5.74, 6) is 1.56. The number of ether oxygens (including phenoxy) is 5. The molecule has 2 aromatic carbocycles. The standard InChI is InChI=1S/C21H24N2O7/c1-26-14-11-18(28-3)15(19(12-14)29-4)7-9-20(24)22-13-6-8-17(27-2)16(10-13)23-21(25)30-5/h6-12H,1-5H3,(H,22,24)(H,23,25)/b9-7+. The Hall–Kier alpha value is -3.88. The van der Waals surface area contributed by atoms with Crippen molar-refractivity contribution in [2.45, 2.75) is 0 Å². The molecule has 0 fully saturated rings. The lowest BCUT2D eigenvalue weighted by Gasteiger charge is -2.13. The van der Waals surface area contributed by atoms with Crippen LogP contribution in [-0.4, -0.2) is 47.5 Å². The lowest BCUT2D eigenvalue weighted by Crippen LogP contribution is -2.13. The minimum absolute atomic E-state index is 0.352.